The highest BCUT2D eigenvalue weighted by molar-refractivity contribution is 6.09. The van der Waals surface area contributed by atoms with Gasteiger partial charge in [0.05, 0.1) is 7.11 Å². The minimum atomic E-state index is -0.636. The topological polar surface area (TPSA) is 62.7 Å². The van der Waals surface area contributed by atoms with Crippen molar-refractivity contribution in [3.05, 3.63) is 66.4 Å². The summed E-state index contributed by atoms with van der Waals surface area (Å²) in [6, 6.07) is 17.1. The molecule has 6 nitrogen and oxygen atoms in total. The van der Waals surface area contributed by atoms with Gasteiger partial charge in [-0.3, -0.25) is 14.6 Å². The number of para-hydroxylation sites is 1. The molecule has 1 fully saturated rings. The maximum atomic E-state index is 13.0. The van der Waals surface area contributed by atoms with Gasteiger partial charge in [-0.2, -0.15) is 0 Å². The Hall–Kier alpha value is -3.41. The molecule has 29 heavy (non-hydrogen) atoms. The molecule has 0 unspecified atom stereocenters. The molecule has 1 atom stereocenters. The summed E-state index contributed by atoms with van der Waals surface area (Å²) in [4.78, 5) is 33.6. The molecule has 0 saturated carbocycles. The second-order valence-corrected chi connectivity index (χ2v) is 7.19. The number of amides is 2. The zero-order chi connectivity index (χ0) is 20.4. The van der Waals surface area contributed by atoms with Crippen LogP contribution in [0.3, 0.4) is 0 Å². The number of fused-ring (bicyclic) bond motifs is 1. The molecular weight excluding hydrogens is 366 g/mol. The van der Waals surface area contributed by atoms with Gasteiger partial charge in [-0.05, 0) is 36.2 Å². The molecule has 0 aliphatic carbocycles. The number of anilines is 1. The molecule has 0 bridgehead atoms. The van der Waals surface area contributed by atoms with Gasteiger partial charge < -0.3 is 14.5 Å². The molecule has 1 aliphatic rings. The van der Waals surface area contributed by atoms with E-state index in [4.69, 9.17) is 4.74 Å². The van der Waals surface area contributed by atoms with Crippen molar-refractivity contribution in [1.29, 1.82) is 0 Å². The monoisotopic (exact) mass is 389 g/mol. The Bertz CT molecular complexity index is 1050. The van der Waals surface area contributed by atoms with E-state index in [1.807, 2.05) is 54.6 Å². The Kier molecular flexibility index (Phi) is 5.16. The first-order chi connectivity index (χ1) is 14.1. The molecule has 0 spiro atoms. The second-order valence-electron chi connectivity index (χ2n) is 7.19. The highest BCUT2D eigenvalue weighted by Crippen LogP contribution is 2.29. The van der Waals surface area contributed by atoms with Gasteiger partial charge in [-0.1, -0.05) is 30.3 Å². The summed E-state index contributed by atoms with van der Waals surface area (Å²) in [5, 5.41) is 0.940. The van der Waals surface area contributed by atoms with Crippen LogP contribution in [0.4, 0.5) is 5.69 Å². The number of aromatic nitrogens is 1. The molecule has 2 amide bonds. The Balaban J connectivity index is 1.52. The van der Waals surface area contributed by atoms with E-state index in [1.165, 1.54) is 0 Å². The molecule has 0 radical (unpaired) electrons. The van der Waals surface area contributed by atoms with Gasteiger partial charge >= 0.3 is 0 Å². The van der Waals surface area contributed by atoms with Crippen LogP contribution in [0.15, 0.2) is 60.8 Å². The van der Waals surface area contributed by atoms with Crippen molar-refractivity contribution in [2.24, 2.45) is 5.92 Å². The number of methoxy groups -OCH3 is 1. The van der Waals surface area contributed by atoms with Crippen LogP contribution in [-0.2, 0) is 16.1 Å². The number of rotatable bonds is 5. The van der Waals surface area contributed by atoms with Crippen LogP contribution in [0.1, 0.15) is 12.0 Å². The molecular formula is C23H23N3O3. The molecule has 3 aromatic rings. The van der Waals surface area contributed by atoms with Crippen LogP contribution in [0.5, 0.6) is 5.75 Å². The minimum Gasteiger partial charge on any atom is -0.494 e. The van der Waals surface area contributed by atoms with E-state index in [9.17, 15) is 9.59 Å². The van der Waals surface area contributed by atoms with Crippen molar-refractivity contribution in [2.75, 3.05) is 25.6 Å². The molecule has 1 aliphatic heterocycles. The first-order valence-corrected chi connectivity index (χ1v) is 9.62. The first-order valence-electron chi connectivity index (χ1n) is 9.62. The fraction of sp³-hybridized carbons (Fsp3) is 0.261. The Morgan fingerprint density at radius 2 is 1.97 bits per heavy atom. The summed E-state index contributed by atoms with van der Waals surface area (Å²) in [5.41, 5.74) is 2.57. The summed E-state index contributed by atoms with van der Waals surface area (Å²) in [6.45, 7) is 0.961. The van der Waals surface area contributed by atoms with E-state index >= 15 is 0 Å². The van der Waals surface area contributed by atoms with E-state index < -0.39 is 5.92 Å². The SMILES string of the molecule is COc1ccc(CN(C)C(=O)[C@@H]2CCN(c3ccccc3)C2=O)c2cccnc12. The number of pyridine rings is 1. The van der Waals surface area contributed by atoms with Crippen molar-refractivity contribution in [3.8, 4) is 5.75 Å². The summed E-state index contributed by atoms with van der Waals surface area (Å²) >= 11 is 0. The van der Waals surface area contributed by atoms with E-state index in [-0.39, 0.29) is 11.8 Å². The minimum absolute atomic E-state index is 0.130. The van der Waals surface area contributed by atoms with Gasteiger partial charge in [-0.25, -0.2) is 0 Å². The van der Waals surface area contributed by atoms with Crippen molar-refractivity contribution >= 4 is 28.4 Å². The van der Waals surface area contributed by atoms with Gasteiger partial charge in [0.1, 0.15) is 17.2 Å². The van der Waals surface area contributed by atoms with E-state index in [1.54, 1.807) is 30.2 Å². The molecule has 1 aromatic heterocycles. The largest absolute Gasteiger partial charge is 0.494 e. The molecule has 148 valence electrons. The lowest BCUT2D eigenvalue weighted by Gasteiger charge is -2.22. The quantitative estimate of drug-likeness (QED) is 0.629. The van der Waals surface area contributed by atoms with Crippen molar-refractivity contribution in [1.82, 2.24) is 9.88 Å². The number of carbonyl (C=O) groups is 2. The van der Waals surface area contributed by atoms with Crippen LogP contribution in [-0.4, -0.2) is 42.4 Å². The second kappa shape index (κ2) is 7.91. The zero-order valence-electron chi connectivity index (χ0n) is 16.5. The third-order valence-corrected chi connectivity index (χ3v) is 5.40. The zero-order valence-corrected chi connectivity index (χ0v) is 16.5. The number of nitrogens with zero attached hydrogens (tertiary/aromatic N) is 3. The highest BCUT2D eigenvalue weighted by atomic mass is 16.5. The summed E-state index contributed by atoms with van der Waals surface area (Å²) < 4.78 is 5.39. The lowest BCUT2D eigenvalue weighted by atomic mass is 10.0. The summed E-state index contributed by atoms with van der Waals surface area (Å²) in [6.07, 6.45) is 2.25. The molecule has 6 heteroatoms. The fourth-order valence-corrected chi connectivity index (χ4v) is 3.88. The summed E-state index contributed by atoms with van der Waals surface area (Å²) in [5.74, 6) is -0.221. The Morgan fingerprint density at radius 1 is 1.17 bits per heavy atom. The van der Waals surface area contributed by atoms with E-state index in [0.717, 1.165) is 22.2 Å². The Morgan fingerprint density at radius 3 is 2.72 bits per heavy atom. The van der Waals surface area contributed by atoms with Gasteiger partial charge in [0.2, 0.25) is 11.8 Å². The third-order valence-electron chi connectivity index (χ3n) is 5.40. The number of benzene rings is 2. The molecule has 0 N–H and O–H groups in total. The highest BCUT2D eigenvalue weighted by Gasteiger charge is 2.39. The van der Waals surface area contributed by atoms with Crippen molar-refractivity contribution < 1.29 is 14.3 Å². The lowest BCUT2D eigenvalue weighted by molar-refractivity contribution is -0.139. The standard InChI is InChI=1S/C23H23N3O3/c1-25(15-16-10-11-20(29-2)21-18(16)9-6-13-24-21)22(27)19-12-14-26(23(19)28)17-7-4-3-5-8-17/h3-11,13,19H,12,14-15H2,1-2H3/t19-/m0/s1. The predicted octanol–water partition coefficient (Wildman–Crippen LogP) is 3.25. The maximum absolute atomic E-state index is 13.0. The average Bonchev–Trinajstić information content (AvgIpc) is 3.15. The maximum Gasteiger partial charge on any atom is 0.239 e. The summed E-state index contributed by atoms with van der Waals surface area (Å²) in [7, 11) is 3.36. The smallest absolute Gasteiger partial charge is 0.239 e. The number of ether oxygens (including phenoxy) is 1. The normalized spacial score (nSPS) is 16.3. The van der Waals surface area contributed by atoms with Crippen LogP contribution >= 0.6 is 0 Å². The van der Waals surface area contributed by atoms with Crippen LogP contribution in [0, 0.1) is 5.92 Å². The predicted molar refractivity (Wildman–Crippen MR) is 112 cm³/mol. The number of carbonyl (C=O) groups excluding carboxylic acids is 2. The lowest BCUT2D eigenvalue weighted by Crippen LogP contribution is -2.37. The van der Waals surface area contributed by atoms with Gasteiger partial charge in [0, 0.05) is 37.4 Å². The molecule has 2 aromatic carbocycles. The van der Waals surface area contributed by atoms with Crippen LogP contribution < -0.4 is 9.64 Å². The molecule has 1 saturated heterocycles. The van der Waals surface area contributed by atoms with Crippen molar-refractivity contribution in [2.45, 2.75) is 13.0 Å². The number of hydrogen-bond acceptors (Lipinski definition) is 4. The van der Waals surface area contributed by atoms with Crippen LogP contribution in [0.25, 0.3) is 10.9 Å². The number of hydrogen-bond donors (Lipinski definition) is 0. The Labute approximate surface area is 169 Å². The first kappa shape index (κ1) is 18.9. The molecule has 2 heterocycles. The van der Waals surface area contributed by atoms with E-state index in [2.05, 4.69) is 4.98 Å². The third kappa shape index (κ3) is 3.53. The van der Waals surface area contributed by atoms with Gasteiger partial charge in [0.25, 0.3) is 0 Å². The fourth-order valence-electron chi connectivity index (χ4n) is 3.88. The van der Waals surface area contributed by atoms with Gasteiger partial charge in [0.15, 0.2) is 0 Å². The average molecular weight is 389 g/mol. The van der Waals surface area contributed by atoms with Crippen molar-refractivity contribution in [3.63, 3.8) is 0 Å². The van der Waals surface area contributed by atoms with Gasteiger partial charge in [-0.15, -0.1) is 0 Å². The van der Waals surface area contributed by atoms with E-state index in [0.29, 0.717) is 25.3 Å². The molecule has 4 rings (SSSR count). The van der Waals surface area contributed by atoms with Crippen LogP contribution in [0.2, 0.25) is 0 Å².